The molecule has 24 heavy (non-hydrogen) atoms. The van der Waals surface area contributed by atoms with Gasteiger partial charge in [-0.3, -0.25) is 0 Å². The Balaban J connectivity index is 1.73. The molecular weight excluding hydrogens is 300 g/mol. The lowest BCUT2D eigenvalue weighted by molar-refractivity contribution is 0.0650. The van der Waals surface area contributed by atoms with Gasteiger partial charge in [-0.25, -0.2) is 0 Å². The summed E-state index contributed by atoms with van der Waals surface area (Å²) < 4.78 is 5.20. The third-order valence-electron chi connectivity index (χ3n) is 5.03. The van der Waals surface area contributed by atoms with E-state index in [4.69, 9.17) is 4.74 Å². The van der Waals surface area contributed by atoms with Gasteiger partial charge in [0.25, 0.3) is 0 Å². The van der Waals surface area contributed by atoms with Crippen molar-refractivity contribution in [1.29, 1.82) is 0 Å². The number of methoxy groups -OCH3 is 1. The van der Waals surface area contributed by atoms with E-state index >= 15 is 0 Å². The van der Waals surface area contributed by atoms with Gasteiger partial charge in [0.15, 0.2) is 0 Å². The van der Waals surface area contributed by atoms with Crippen LogP contribution in [0.15, 0.2) is 48.5 Å². The second kappa shape index (κ2) is 7.82. The van der Waals surface area contributed by atoms with Crippen LogP contribution in [-0.2, 0) is 6.42 Å². The zero-order chi connectivity index (χ0) is 16.9. The number of ether oxygens (including phenoxy) is 1. The third-order valence-corrected chi connectivity index (χ3v) is 5.03. The SMILES string of the molecule is COc1ccc(Cc2cccc(C3CC(O)CC(CO)C3)c2)cc1. The molecule has 1 fully saturated rings. The summed E-state index contributed by atoms with van der Waals surface area (Å²) in [5.41, 5.74) is 3.81. The van der Waals surface area contributed by atoms with Crippen molar-refractivity contribution in [2.45, 2.75) is 37.7 Å². The van der Waals surface area contributed by atoms with Crippen LogP contribution < -0.4 is 4.74 Å². The van der Waals surface area contributed by atoms with Gasteiger partial charge in [0.2, 0.25) is 0 Å². The van der Waals surface area contributed by atoms with Crippen molar-refractivity contribution in [1.82, 2.24) is 0 Å². The van der Waals surface area contributed by atoms with Crippen LogP contribution in [0.5, 0.6) is 5.75 Å². The maximum atomic E-state index is 10.1. The minimum absolute atomic E-state index is 0.166. The van der Waals surface area contributed by atoms with Crippen molar-refractivity contribution < 1.29 is 14.9 Å². The van der Waals surface area contributed by atoms with Gasteiger partial charge >= 0.3 is 0 Å². The van der Waals surface area contributed by atoms with Crippen LogP contribution in [0.1, 0.15) is 41.9 Å². The van der Waals surface area contributed by atoms with Crippen LogP contribution in [0.4, 0.5) is 0 Å². The molecule has 1 aliphatic carbocycles. The number of hydrogen-bond donors (Lipinski definition) is 2. The van der Waals surface area contributed by atoms with Crippen molar-refractivity contribution in [3.8, 4) is 5.75 Å². The molecule has 2 N–H and O–H groups in total. The molecule has 2 aromatic carbocycles. The lowest BCUT2D eigenvalue weighted by atomic mass is 9.76. The third kappa shape index (κ3) is 4.16. The van der Waals surface area contributed by atoms with Gasteiger partial charge in [0.05, 0.1) is 13.2 Å². The molecule has 0 saturated heterocycles. The maximum Gasteiger partial charge on any atom is 0.118 e. The van der Waals surface area contributed by atoms with E-state index in [1.54, 1.807) is 7.11 Å². The average Bonchev–Trinajstić information content (AvgIpc) is 2.62. The highest BCUT2D eigenvalue weighted by Gasteiger charge is 2.28. The molecule has 2 aromatic rings. The smallest absolute Gasteiger partial charge is 0.118 e. The Labute approximate surface area is 143 Å². The van der Waals surface area contributed by atoms with Gasteiger partial charge < -0.3 is 14.9 Å². The molecule has 0 aromatic heterocycles. The monoisotopic (exact) mass is 326 g/mol. The first-order valence-corrected chi connectivity index (χ1v) is 8.68. The summed E-state index contributed by atoms with van der Waals surface area (Å²) in [6, 6.07) is 16.8. The van der Waals surface area contributed by atoms with Gasteiger partial charge in [-0.05, 0) is 66.3 Å². The molecule has 0 radical (unpaired) electrons. The van der Waals surface area contributed by atoms with Gasteiger partial charge in [-0.2, -0.15) is 0 Å². The number of hydrogen-bond acceptors (Lipinski definition) is 3. The van der Waals surface area contributed by atoms with Crippen LogP contribution in [-0.4, -0.2) is 30.0 Å². The predicted octanol–water partition coefficient (Wildman–Crippen LogP) is 3.52. The largest absolute Gasteiger partial charge is 0.497 e. The highest BCUT2D eigenvalue weighted by Crippen LogP contribution is 2.36. The molecule has 128 valence electrons. The van der Waals surface area contributed by atoms with Crippen molar-refractivity contribution in [2.75, 3.05) is 13.7 Å². The van der Waals surface area contributed by atoms with Crippen molar-refractivity contribution >= 4 is 0 Å². The highest BCUT2D eigenvalue weighted by atomic mass is 16.5. The van der Waals surface area contributed by atoms with E-state index in [1.807, 2.05) is 12.1 Å². The van der Waals surface area contributed by atoms with Crippen molar-refractivity contribution in [3.05, 3.63) is 65.2 Å². The van der Waals surface area contributed by atoms with E-state index in [2.05, 4.69) is 36.4 Å². The molecule has 3 nitrogen and oxygen atoms in total. The van der Waals surface area contributed by atoms with E-state index in [-0.39, 0.29) is 18.6 Å². The van der Waals surface area contributed by atoms with Crippen LogP contribution in [0.25, 0.3) is 0 Å². The van der Waals surface area contributed by atoms with Crippen molar-refractivity contribution in [2.24, 2.45) is 5.92 Å². The van der Waals surface area contributed by atoms with Crippen LogP contribution in [0.2, 0.25) is 0 Å². The van der Waals surface area contributed by atoms with E-state index in [1.165, 1.54) is 16.7 Å². The quantitative estimate of drug-likeness (QED) is 0.884. The molecule has 0 spiro atoms. The Morgan fingerprint density at radius 3 is 2.50 bits per heavy atom. The molecule has 0 aliphatic heterocycles. The van der Waals surface area contributed by atoms with Crippen LogP contribution >= 0.6 is 0 Å². The molecular formula is C21H26O3. The fraction of sp³-hybridized carbons (Fsp3) is 0.429. The number of aliphatic hydroxyl groups is 2. The number of benzene rings is 2. The minimum atomic E-state index is -0.300. The Hall–Kier alpha value is -1.84. The minimum Gasteiger partial charge on any atom is -0.497 e. The fourth-order valence-electron chi connectivity index (χ4n) is 3.76. The first-order valence-electron chi connectivity index (χ1n) is 8.68. The lowest BCUT2D eigenvalue weighted by Crippen LogP contribution is -2.27. The van der Waals surface area contributed by atoms with E-state index in [0.717, 1.165) is 31.4 Å². The summed E-state index contributed by atoms with van der Waals surface area (Å²) in [5, 5.41) is 19.5. The Morgan fingerprint density at radius 2 is 1.79 bits per heavy atom. The normalized spacial score (nSPS) is 23.9. The van der Waals surface area contributed by atoms with E-state index in [0.29, 0.717) is 5.92 Å². The summed E-state index contributed by atoms with van der Waals surface area (Å²) in [5.74, 6) is 1.42. The summed E-state index contributed by atoms with van der Waals surface area (Å²) in [6.07, 6.45) is 3.06. The molecule has 3 unspecified atom stereocenters. The standard InChI is InChI=1S/C21H26O3/c1-24-21-7-5-15(6-8-21)9-16-3-2-4-18(10-16)19-11-17(14-22)12-20(23)13-19/h2-8,10,17,19-20,22-23H,9,11-14H2,1H3. The van der Waals surface area contributed by atoms with Gasteiger partial charge in [-0.15, -0.1) is 0 Å². The first-order chi connectivity index (χ1) is 11.7. The van der Waals surface area contributed by atoms with E-state index < -0.39 is 0 Å². The van der Waals surface area contributed by atoms with Crippen LogP contribution in [0.3, 0.4) is 0 Å². The Morgan fingerprint density at radius 1 is 1.00 bits per heavy atom. The summed E-state index contributed by atoms with van der Waals surface area (Å²) >= 11 is 0. The Kier molecular flexibility index (Phi) is 5.54. The first kappa shape index (κ1) is 17.0. The van der Waals surface area contributed by atoms with Gasteiger partial charge in [0.1, 0.15) is 5.75 Å². The predicted molar refractivity (Wildman–Crippen MR) is 95.4 cm³/mol. The molecule has 0 amide bonds. The molecule has 3 heteroatoms. The molecule has 1 saturated carbocycles. The molecule has 3 rings (SSSR count). The zero-order valence-corrected chi connectivity index (χ0v) is 14.2. The topological polar surface area (TPSA) is 49.7 Å². The average molecular weight is 326 g/mol. The highest BCUT2D eigenvalue weighted by molar-refractivity contribution is 5.34. The molecule has 1 aliphatic rings. The second-order valence-corrected chi connectivity index (χ2v) is 6.88. The number of rotatable bonds is 5. The molecule has 0 heterocycles. The van der Waals surface area contributed by atoms with Crippen molar-refractivity contribution in [3.63, 3.8) is 0 Å². The zero-order valence-electron chi connectivity index (χ0n) is 14.2. The fourth-order valence-corrected chi connectivity index (χ4v) is 3.76. The molecule has 3 atom stereocenters. The number of aliphatic hydroxyl groups excluding tert-OH is 2. The van der Waals surface area contributed by atoms with Crippen LogP contribution in [0, 0.1) is 5.92 Å². The Bertz CT molecular complexity index is 650. The van der Waals surface area contributed by atoms with Gasteiger partial charge in [0, 0.05) is 6.61 Å². The summed E-state index contributed by atoms with van der Waals surface area (Å²) in [4.78, 5) is 0. The van der Waals surface area contributed by atoms with E-state index in [9.17, 15) is 10.2 Å². The van der Waals surface area contributed by atoms with Gasteiger partial charge in [-0.1, -0.05) is 36.4 Å². The maximum absolute atomic E-state index is 10.1. The second-order valence-electron chi connectivity index (χ2n) is 6.88. The lowest BCUT2D eigenvalue weighted by Gasteiger charge is -2.32. The summed E-state index contributed by atoms with van der Waals surface area (Å²) in [7, 11) is 1.68. The molecule has 0 bridgehead atoms. The summed E-state index contributed by atoms with van der Waals surface area (Å²) in [6.45, 7) is 0.166.